The molecule has 1 aromatic heterocycles. The van der Waals surface area contributed by atoms with Crippen molar-refractivity contribution in [1.29, 1.82) is 0 Å². The predicted octanol–water partition coefficient (Wildman–Crippen LogP) is 2.01. The molecule has 0 radical (unpaired) electrons. The largest absolute Gasteiger partial charge is 0.378 e. The van der Waals surface area contributed by atoms with Gasteiger partial charge in [-0.1, -0.05) is 30.3 Å². The van der Waals surface area contributed by atoms with Gasteiger partial charge in [-0.05, 0) is 36.2 Å². The van der Waals surface area contributed by atoms with Crippen molar-refractivity contribution in [2.45, 2.75) is 11.3 Å². The van der Waals surface area contributed by atoms with E-state index in [1.807, 2.05) is 6.07 Å². The van der Waals surface area contributed by atoms with Crippen molar-refractivity contribution in [3.63, 3.8) is 0 Å². The summed E-state index contributed by atoms with van der Waals surface area (Å²) in [6, 6.07) is 15.0. The Hall–Kier alpha value is -3.77. The van der Waals surface area contributed by atoms with Crippen LogP contribution in [0.4, 0.5) is 29.0 Å². The second kappa shape index (κ2) is 8.71. The molecule has 0 aliphatic heterocycles. The Balaban J connectivity index is 1.73. The first-order valence-corrected chi connectivity index (χ1v) is 10.3. The van der Waals surface area contributed by atoms with Gasteiger partial charge in [-0.2, -0.15) is 9.97 Å². The van der Waals surface area contributed by atoms with Gasteiger partial charge >= 0.3 is 5.69 Å². The molecule has 1 heterocycles. The first-order valence-electron chi connectivity index (χ1n) is 8.73. The molecule has 3 rings (SSSR count). The summed E-state index contributed by atoms with van der Waals surface area (Å²) in [5.74, 6) is -0.176. The minimum Gasteiger partial charge on any atom is -0.378 e. The fourth-order valence-electron chi connectivity index (χ4n) is 2.64. The molecule has 0 atom stereocenters. The summed E-state index contributed by atoms with van der Waals surface area (Å²) in [7, 11) is -3.74. The lowest BCUT2D eigenvalue weighted by Gasteiger charge is -2.11. The second-order valence-electron chi connectivity index (χ2n) is 6.24. The average Bonchev–Trinajstić information content (AvgIpc) is 2.68. The third kappa shape index (κ3) is 5.18. The molecule has 0 saturated heterocycles. The van der Waals surface area contributed by atoms with Crippen molar-refractivity contribution in [2.24, 2.45) is 5.14 Å². The second-order valence-corrected chi connectivity index (χ2v) is 7.80. The Morgan fingerprint density at radius 1 is 1.03 bits per heavy atom. The number of nitro groups is 1. The number of primary sulfonamides is 1. The van der Waals surface area contributed by atoms with Crippen LogP contribution < -0.4 is 21.5 Å². The van der Waals surface area contributed by atoms with Crippen LogP contribution in [0.5, 0.6) is 0 Å². The maximum Gasteiger partial charge on any atom is 0.353 e. The van der Waals surface area contributed by atoms with Crippen molar-refractivity contribution in [1.82, 2.24) is 9.97 Å². The van der Waals surface area contributed by atoms with Gasteiger partial charge in [0.15, 0.2) is 0 Å². The summed E-state index contributed by atoms with van der Waals surface area (Å²) in [5, 5.41) is 22.3. The minimum atomic E-state index is -3.74. The highest BCUT2D eigenvalue weighted by Crippen LogP contribution is 2.31. The van der Waals surface area contributed by atoms with Gasteiger partial charge in [0, 0.05) is 12.2 Å². The van der Waals surface area contributed by atoms with Crippen molar-refractivity contribution >= 4 is 39.0 Å². The molecule has 0 aliphatic carbocycles. The first kappa shape index (κ1) is 21.0. The molecular weight excluding hydrogens is 410 g/mol. The summed E-state index contributed by atoms with van der Waals surface area (Å²) in [6.07, 6.45) is 0.520. The van der Waals surface area contributed by atoms with E-state index < -0.39 is 20.6 Å². The van der Waals surface area contributed by atoms with Gasteiger partial charge in [0.1, 0.15) is 0 Å². The third-order valence-electron chi connectivity index (χ3n) is 4.08. The lowest BCUT2D eigenvalue weighted by Crippen LogP contribution is -2.13. The summed E-state index contributed by atoms with van der Waals surface area (Å²) < 4.78 is 22.6. The van der Waals surface area contributed by atoms with Crippen LogP contribution in [0.2, 0.25) is 0 Å². The summed E-state index contributed by atoms with van der Waals surface area (Å²) in [4.78, 5) is 18.9. The molecule has 0 amide bonds. The standard InChI is InChI=1S/C18H19N7O4S/c19-16-15(25(26)27)17(22-13-4-2-1-3-5-13)24-18(23-16)21-11-10-12-6-8-14(9-7-12)30(20,28)29/h1-9H,10-11H2,(H2,20,28,29)(H4,19,21,22,23,24). The van der Waals surface area contributed by atoms with Crippen LogP contribution in [0.25, 0.3) is 0 Å². The van der Waals surface area contributed by atoms with Crippen LogP contribution >= 0.6 is 0 Å². The topological polar surface area (TPSA) is 179 Å². The summed E-state index contributed by atoms with van der Waals surface area (Å²) in [6.45, 7) is 0.386. The Kier molecular flexibility index (Phi) is 6.09. The van der Waals surface area contributed by atoms with E-state index in [2.05, 4.69) is 20.6 Å². The van der Waals surface area contributed by atoms with E-state index in [0.717, 1.165) is 5.56 Å². The molecular formula is C18H19N7O4S. The van der Waals surface area contributed by atoms with Crippen LogP contribution in [-0.4, -0.2) is 29.9 Å². The Morgan fingerprint density at radius 2 is 1.70 bits per heavy atom. The van der Waals surface area contributed by atoms with Crippen LogP contribution in [-0.2, 0) is 16.4 Å². The summed E-state index contributed by atoms with van der Waals surface area (Å²) in [5.41, 5.74) is 6.83. The Labute approximate surface area is 172 Å². The third-order valence-corrected chi connectivity index (χ3v) is 5.01. The molecule has 0 aliphatic rings. The number of hydrogen-bond donors (Lipinski definition) is 4. The molecule has 6 N–H and O–H groups in total. The van der Waals surface area contributed by atoms with Crippen molar-refractivity contribution in [3.05, 3.63) is 70.3 Å². The Bertz CT molecular complexity index is 1150. The molecule has 2 aromatic carbocycles. The first-order chi connectivity index (χ1) is 14.2. The number of anilines is 4. The molecule has 0 unspecified atom stereocenters. The normalized spacial score (nSPS) is 11.1. The highest BCUT2D eigenvalue weighted by atomic mass is 32.2. The number of aromatic nitrogens is 2. The van der Waals surface area contributed by atoms with E-state index in [-0.39, 0.29) is 22.5 Å². The van der Waals surface area contributed by atoms with Crippen molar-refractivity contribution in [2.75, 3.05) is 22.9 Å². The van der Waals surface area contributed by atoms with Gasteiger partial charge in [0.2, 0.25) is 27.6 Å². The van der Waals surface area contributed by atoms with Gasteiger partial charge in [-0.3, -0.25) is 10.1 Å². The van der Waals surface area contributed by atoms with Gasteiger partial charge in [-0.25, -0.2) is 13.6 Å². The van der Waals surface area contributed by atoms with Crippen molar-refractivity contribution < 1.29 is 13.3 Å². The maximum absolute atomic E-state index is 11.4. The smallest absolute Gasteiger partial charge is 0.353 e. The number of sulfonamides is 1. The maximum atomic E-state index is 11.4. The minimum absolute atomic E-state index is 0.0290. The number of nitrogen functional groups attached to an aromatic ring is 1. The van der Waals surface area contributed by atoms with Crippen LogP contribution in [0.15, 0.2) is 59.5 Å². The molecule has 0 spiro atoms. The molecule has 0 saturated carbocycles. The Morgan fingerprint density at radius 3 is 2.30 bits per heavy atom. The van der Waals surface area contributed by atoms with Gasteiger partial charge in [0.25, 0.3) is 0 Å². The van der Waals surface area contributed by atoms with Crippen LogP contribution in [0.3, 0.4) is 0 Å². The van der Waals surface area contributed by atoms with Crippen LogP contribution in [0.1, 0.15) is 5.56 Å². The zero-order valence-corrected chi connectivity index (χ0v) is 16.5. The number of hydrogen-bond acceptors (Lipinski definition) is 9. The van der Waals surface area contributed by atoms with E-state index in [1.54, 1.807) is 36.4 Å². The zero-order chi connectivity index (χ0) is 21.7. The van der Waals surface area contributed by atoms with E-state index in [1.165, 1.54) is 12.1 Å². The fourth-order valence-corrected chi connectivity index (χ4v) is 3.16. The number of nitrogens with two attached hydrogens (primary N) is 2. The molecule has 156 valence electrons. The van der Waals surface area contributed by atoms with E-state index in [0.29, 0.717) is 18.7 Å². The van der Waals surface area contributed by atoms with Gasteiger partial charge in [-0.15, -0.1) is 0 Å². The molecule has 0 fully saturated rings. The number of nitrogens with one attached hydrogen (secondary N) is 2. The van der Waals surface area contributed by atoms with Crippen molar-refractivity contribution in [3.8, 4) is 0 Å². The highest BCUT2D eigenvalue weighted by molar-refractivity contribution is 7.89. The SMILES string of the molecule is Nc1nc(NCCc2ccc(S(N)(=O)=O)cc2)nc(Nc2ccccc2)c1[N+](=O)[O-]. The monoisotopic (exact) mass is 429 g/mol. The molecule has 11 nitrogen and oxygen atoms in total. The number of para-hydroxylation sites is 1. The fraction of sp³-hybridized carbons (Fsp3) is 0.111. The van der Waals surface area contributed by atoms with Crippen LogP contribution in [0, 0.1) is 10.1 Å². The van der Waals surface area contributed by atoms with E-state index >= 15 is 0 Å². The highest BCUT2D eigenvalue weighted by Gasteiger charge is 2.23. The number of nitrogens with zero attached hydrogens (tertiary/aromatic N) is 3. The lowest BCUT2D eigenvalue weighted by atomic mass is 10.1. The quantitative estimate of drug-likeness (QED) is 0.308. The summed E-state index contributed by atoms with van der Waals surface area (Å²) >= 11 is 0. The lowest BCUT2D eigenvalue weighted by molar-refractivity contribution is -0.383. The molecule has 12 heteroatoms. The molecule has 3 aromatic rings. The number of rotatable bonds is 8. The zero-order valence-electron chi connectivity index (χ0n) is 15.6. The molecule has 0 bridgehead atoms. The van der Waals surface area contributed by atoms with Gasteiger partial charge in [0.05, 0.1) is 9.82 Å². The van der Waals surface area contributed by atoms with E-state index in [4.69, 9.17) is 10.9 Å². The number of benzene rings is 2. The molecule has 30 heavy (non-hydrogen) atoms. The average molecular weight is 429 g/mol. The van der Waals surface area contributed by atoms with Gasteiger partial charge < -0.3 is 16.4 Å². The predicted molar refractivity (Wildman–Crippen MR) is 113 cm³/mol. The van der Waals surface area contributed by atoms with E-state index in [9.17, 15) is 18.5 Å².